The monoisotopic (exact) mass is 344 g/mol. The number of amides is 1. The standard InChI is InChI=1S/C21H20N4O/c1-3-15-24(16-4-2)21(26)19-20(17-11-7-5-8-12-17)25(23-22-19)18-13-9-6-10-14-18/h3-14H,1-2,15-16H2. The Kier molecular flexibility index (Phi) is 5.39. The smallest absolute Gasteiger partial charge is 0.277 e. The lowest BCUT2D eigenvalue weighted by atomic mass is 10.1. The van der Waals surface area contributed by atoms with Gasteiger partial charge in [-0.2, -0.15) is 0 Å². The maximum absolute atomic E-state index is 13.1. The molecule has 1 heterocycles. The van der Waals surface area contributed by atoms with E-state index in [2.05, 4.69) is 23.5 Å². The quantitative estimate of drug-likeness (QED) is 0.613. The fourth-order valence-corrected chi connectivity index (χ4v) is 2.73. The number of rotatable bonds is 7. The molecule has 2 aromatic carbocycles. The van der Waals surface area contributed by atoms with Crippen molar-refractivity contribution >= 4 is 5.91 Å². The number of nitrogens with zero attached hydrogens (tertiary/aromatic N) is 4. The van der Waals surface area contributed by atoms with Crippen LogP contribution in [0.25, 0.3) is 16.9 Å². The summed E-state index contributed by atoms with van der Waals surface area (Å²) < 4.78 is 1.70. The summed E-state index contributed by atoms with van der Waals surface area (Å²) in [7, 11) is 0. The van der Waals surface area contributed by atoms with Crippen LogP contribution in [0.4, 0.5) is 0 Å². The van der Waals surface area contributed by atoms with Crippen LogP contribution in [0.3, 0.4) is 0 Å². The second-order valence-electron chi connectivity index (χ2n) is 5.69. The highest BCUT2D eigenvalue weighted by molar-refractivity contribution is 5.98. The highest BCUT2D eigenvalue weighted by Gasteiger charge is 2.25. The van der Waals surface area contributed by atoms with Crippen molar-refractivity contribution in [1.82, 2.24) is 19.9 Å². The molecular formula is C21H20N4O. The summed E-state index contributed by atoms with van der Waals surface area (Å²) in [5.74, 6) is -0.203. The molecule has 0 saturated heterocycles. The van der Waals surface area contributed by atoms with Gasteiger partial charge in [-0.05, 0) is 12.1 Å². The lowest BCUT2D eigenvalue weighted by molar-refractivity contribution is 0.0785. The van der Waals surface area contributed by atoms with Crippen LogP contribution in [-0.4, -0.2) is 38.9 Å². The maximum atomic E-state index is 13.1. The molecule has 0 fully saturated rings. The molecule has 3 aromatic rings. The molecule has 0 unspecified atom stereocenters. The van der Waals surface area contributed by atoms with Crippen LogP contribution in [0.15, 0.2) is 86.0 Å². The highest BCUT2D eigenvalue weighted by Crippen LogP contribution is 2.26. The molecule has 0 N–H and O–H groups in total. The first kappa shape index (κ1) is 17.4. The number of carbonyl (C=O) groups is 1. The Morgan fingerprint density at radius 1 is 0.962 bits per heavy atom. The van der Waals surface area contributed by atoms with Crippen molar-refractivity contribution in [3.63, 3.8) is 0 Å². The number of carbonyl (C=O) groups excluding carboxylic acids is 1. The van der Waals surface area contributed by atoms with Gasteiger partial charge >= 0.3 is 0 Å². The van der Waals surface area contributed by atoms with Gasteiger partial charge in [0.05, 0.1) is 5.69 Å². The Balaban J connectivity index is 2.14. The van der Waals surface area contributed by atoms with Gasteiger partial charge in [-0.25, -0.2) is 4.68 Å². The van der Waals surface area contributed by atoms with E-state index >= 15 is 0 Å². The molecule has 26 heavy (non-hydrogen) atoms. The number of hydrogen-bond donors (Lipinski definition) is 0. The van der Waals surface area contributed by atoms with E-state index in [0.29, 0.717) is 24.5 Å². The summed E-state index contributed by atoms with van der Waals surface area (Å²) in [4.78, 5) is 14.7. The number of aromatic nitrogens is 3. The zero-order valence-electron chi connectivity index (χ0n) is 14.5. The average molecular weight is 344 g/mol. The van der Waals surface area contributed by atoms with Gasteiger partial charge in [-0.1, -0.05) is 65.9 Å². The van der Waals surface area contributed by atoms with Gasteiger partial charge in [0.1, 0.15) is 5.69 Å². The lowest BCUT2D eigenvalue weighted by Crippen LogP contribution is -2.32. The number of benzene rings is 2. The van der Waals surface area contributed by atoms with Crippen LogP contribution in [0, 0.1) is 0 Å². The van der Waals surface area contributed by atoms with Crippen molar-refractivity contribution in [1.29, 1.82) is 0 Å². The minimum absolute atomic E-state index is 0.203. The minimum atomic E-state index is -0.203. The molecule has 1 aromatic heterocycles. The molecule has 0 atom stereocenters. The third-order valence-corrected chi connectivity index (χ3v) is 3.91. The van der Waals surface area contributed by atoms with Gasteiger partial charge in [0.2, 0.25) is 0 Å². The molecule has 0 aliphatic carbocycles. The SMILES string of the molecule is C=CCN(CC=C)C(=O)c1nnn(-c2ccccc2)c1-c1ccccc1. The summed E-state index contributed by atoms with van der Waals surface area (Å²) in [5.41, 5.74) is 2.70. The Morgan fingerprint density at radius 2 is 1.54 bits per heavy atom. The topological polar surface area (TPSA) is 51.0 Å². The lowest BCUT2D eigenvalue weighted by Gasteiger charge is -2.18. The highest BCUT2D eigenvalue weighted by atomic mass is 16.2. The largest absolute Gasteiger partial charge is 0.330 e. The van der Waals surface area contributed by atoms with E-state index in [1.165, 1.54) is 0 Å². The normalized spacial score (nSPS) is 10.3. The summed E-state index contributed by atoms with van der Waals surface area (Å²) in [6.45, 7) is 8.27. The summed E-state index contributed by atoms with van der Waals surface area (Å²) in [5, 5.41) is 8.46. The Hall–Kier alpha value is -3.47. The van der Waals surface area contributed by atoms with Crippen molar-refractivity contribution in [3.8, 4) is 16.9 Å². The van der Waals surface area contributed by atoms with Gasteiger partial charge < -0.3 is 4.90 Å². The van der Waals surface area contributed by atoms with Crippen LogP contribution in [0.1, 0.15) is 10.5 Å². The number of hydrogen-bond acceptors (Lipinski definition) is 3. The van der Waals surface area contributed by atoms with Crippen molar-refractivity contribution in [2.24, 2.45) is 0 Å². The molecule has 3 rings (SSSR count). The van der Waals surface area contributed by atoms with Crippen molar-refractivity contribution in [3.05, 3.63) is 91.7 Å². The molecule has 130 valence electrons. The second kappa shape index (κ2) is 8.07. The molecule has 0 spiro atoms. The van der Waals surface area contributed by atoms with E-state index in [9.17, 15) is 4.79 Å². The van der Waals surface area contributed by atoms with Gasteiger partial charge in [-0.3, -0.25) is 4.79 Å². The molecule has 5 nitrogen and oxygen atoms in total. The molecule has 1 amide bonds. The maximum Gasteiger partial charge on any atom is 0.277 e. The second-order valence-corrected chi connectivity index (χ2v) is 5.69. The first-order chi connectivity index (χ1) is 12.8. The predicted molar refractivity (Wildman–Crippen MR) is 103 cm³/mol. The molecule has 0 radical (unpaired) electrons. The fraction of sp³-hybridized carbons (Fsp3) is 0.0952. The zero-order chi connectivity index (χ0) is 18.4. The van der Waals surface area contributed by atoms with Gasteiger partial charge in [0, 0.05) is 18.7 Å². The Bertz CT molecular complexity index is 890. The van der Waals surface area contributed by atoms with Crippen LogP contribution in [-0.2, 0) is 0 Å². The summed E-state index contributed by atoms with van der Waals surface area (Å²) in [6, 6.07) is 19.3. The van der Waals surface area contributed by atoms with Gasteiger partial charge in [-0.15, -0.1) is 18.3 Å². The predicted octanol–water partition coefficient (Wildman–Crippen LogP) is 3.75. The Labute approximate surface area is 152 Å². The first-order valence-corrected chi connectivity index (χ1v) is 8.34. The summed E-state index contributed by atoms with van der Waals surface area (Å²) >= 11 is 0. The van der Waals surface area contributed by atoms with Gasteiger partial charge in [0.15, 0.2) is 5.69 Å². The third kappa shape index (κ3) is 3.47. The zero-order valence-corrected chi connectivity index (χ0v) is 14.5. The van der Waals surface area contributed by atoms with E-state index in [0.717, 1.165) is 11.3 Å². The first-order valence-electron chi connectivity index (χ1n) is 8.34. The van der Waals surface area contributed by atoms with E-state index in [1.54, 1.807) is 21.7 Å². The van der Waals surface area contributed by atoms with Crippen LogP contribution < -0.4 is 0 Å². The fourth-order valence-electron chi connectivity index (χ4n) is 2.73. The third-order valence-electron chi connectivity index (χ3n) is 3.91. The molecular weight excluding hydrogens is 324 g/mol. The van der Waals surface area contributed by atoms with Crippen molar-refractivity contribution < 1.29 is 4.79 Å². The average Bonchev–Trinajstić information content (AvgIpc) is 3.14. The van der Waals surface area contributed by atoms with Crippen LogP contribution in [0.2, 0.25) is 0 Å². The summed E-state index contributed by atoms with van der Waals surface area (Å²) in [6.07, 6.45) is 3.37. The van der Waals surface area contributed by atoms with E-state index in [4.69, 9.17) is 0 Å². The van der Waals surface area contributed by atoms with Crippen molar-refractivity contribution in [2.75, 3.05) is 13.1 Å². The van der Waals surface area contributed by atoms with Crippen molar-refractivity contribution in [2.45, 2.75) is 0 Å². The molecule has 0 bridgehead atoms. The van der Waals surface area contributed by atoms with Crippen LogP contribution in [0.5, 0.6) is 0 Å². The molecule has 5 heteroatoms. The number of para-hydroxylation sites is 1. The van der Waals surface area contributed by atoms with E-state index < -0.39 is 0 Å². The molecule has 0 aliphatic heterocycles. The Morgan fingerprint density at radius 3 is 2.12 bits per heavy atom. The minimum Gasteiger partial charge on any atom is -0.330 e. The molecule has 0 saturated carbocycles. The van der Waals surface area contributed by atoms with E-state index in [-0.39, 0.29) is 5.91 Å². The van der Waals surface area contributed by atoms with E-state index in [1.807, 2.05) is 60.7 Å². The van der Waals surface area contributed by atoms with Crippen LogP contribution >= 0.6 is 0 Å². The van der Waals surface area contributed by atoms with Gasteiger partial charge in [0.25, 0.3) is 5.91 Å². The molecule has 0 aliphatic rings.